The molecule has 2 aromatic rings. The first-order chi connectivity index (χ1) is 17.0. The fourth-order valence-corrected chi connectivity index (χ4v) is 5.60. The van der Waals surface area contributed by atoms with Gasteiger partial charge in [0.25, 0.3) is 0 Å². The van der Waals surface area contributed by atoms with Gasteiger partial charge in [-0.15, -0.1) is 13.2 Å². The van der Waals surface area contributed by atoms with Gasteiger partial charge in [0.15, 0.2) is 9.84 Å². The lowest BCUT2D eigenvalue weighted by Crippen LogP contribution is -2.60. The van der Waals surface area contributed by atoms with Gasteiger partial charge >= 0.3 is 12.5 Å². The number of piperidine rings is 1. The molecule has 1 heterocycles. The summed E-state index contributed by atoms with van der Waals surface area (Å²) in [6.45, 7) is 4.72. The molecule has 1 fully saturated rings. The maximum absolute atomic E-state index is 13.4. The molecule has 0 saturated carbocycles. The van der Waals surface area contributed by atoms with E-state index in [2.05, 4.69) is 4.74 Å². The normalized spacial score (nSPS) is 16.1. The van der Waals surface area contributed by atoms with Crippen LogP contribution in [0.3, 0.4) is 0 Å². The number of halogens is 3. The van der Waals surface area contributed by atoms with Crippen LogP contribution in [-0.2, 0) is 19.4 Å². The largest absolute Gasteiger partial charge is 0.573 e. The maximum atomic E-state index is 13.4. The summed E-state index contributed by atoms with van der Waals surface area (Å²) in [5, 5.41) is 12.1. The van der Waals surface area contributed by atoms with Gasteiger partial charge in [0.2, 0.25) is 0 Å². The van der Waals surface area contributed by atoms with E-state index in [0.29, 0.717) is 0 Å². The lowest BCUT2D eigenvalue weighted by atomic mass is 9.96. The third-order valence-electron chi connectivity index (χ3n) is 5.54. The van der Waals surface area contributed by atoms with Crippen LogP contribution in [0.25, 0.3) is 0 Å². The Hall–Kier alpha value is -3.48. The van der Waals surface area contributed by atoms with Crippen molar-refractivity contribution >= 4 is 21.9 Å². The Morgan fingerprint density at radius 3 is 1.78 bits per heavy atom. The van der Waals surface area contributed by atoms with Crippen LogP contribution in [0.2, 0.25) is 0 Å². The molecule has 0 bridgehead atoms. The Morgan fingerprint density at radius 1 is 0.892 bits per heavy atom. The molecular formula is C24H25F3NO8S-. The predicted octanol–water partition coefficient (Wildman–Crippen LogP) is 3.67. The number of ether oxygens (including phenoxy) is 3. The third kappa shape index (κ3) is 6.64. The van der Waals surface area contributed by atoms with Crippen LogP contribution in [0.15, 0.2) is 53.4 Å². The van der Waals surface area contributed by atoms with Crippen molar-refractivity contribution in [3.8, 4) is 17.2 Å². The van der Waals surface area contributed by atoms with E-state index in [1.807, 2.05) is 0 Å². The van der Waals surface area contributed by atoms with Crippen molar-refractivity contribution < 1.29 is 50.5 Å². The van der Waals surface area contributed by atoms with Crippen LogP contribution in [0.4, 0.5) is 18.0 Å². The first-order valence-corrected chi connectivity index (χ1v) is 12.6. The van der Waals surface area contributed by atoms with E-state index in [0.717, 1.165) is 24.3 Å². The highest BCUT2D eigenvalue weighted by molar-refractivity contribution is 7.93. The van der Waals surface area contributed by atoms with Gasteiger partial charge in [-0.1, -0.05) is 0 Å². The molecule has 0 unspecified atom stereocenters. The molecule has 0 spiro atoms. The predicted molar refractivity (Wildman–Crippen MR) is 122 cm³/mol. The smallest absolute Gasteiger partial charge is 0.548 e. The standard InChI is InChI=1S/C24H26F3NO8S/c1-22(2,3)36-21(31)28-14-12-23(13-15-28,20(29)30)37(32,33)19-10-8-17(9-11-19)34-16-4-6-18(7-5-16)35-24(25,26)27/h4-11H,12-15H2,1-3H3,(H,29,30)/p-1. The molecule has 3 rings (SSSR count). The van der Waals surface area contributed by atoms with Crippen molar-refractivity contribution in [3.63, 3.8) is 0 Å². The van der Waals surface area contributed by atoms with Crippen molar-refractivity contribution in [2.45, 2.75) is 55.2 Å². The SMILES string of the molecule is CC(C)(C)OC(=O)N1CCC(C(=O)[O-])(S(=O)(=O)c2ccc(Oc3ccc(OC(F)(F)F)cc3)cc2)CC1. The topological polar surface area (TPSA) is 122 Å². The number of hydrogen-bond acceptors (Lipinski definition) is 8. The van der Waals surface area contributed by atoms with Gasteiger partial charge in [0.1, 0.15) is 27.6 Å². The molecule has 0 N–H and O–H groups in total. The number of nitrogens with zero attached hydrogens (tertiary/aromatic N) is 1. The highest BCUT2D eigenvalue weighted by Crippen LogP contribution is 2.37. The molecule has 0 atom stereocenters. The minimum atomic E-state index is -4.83. The molecule has 1 aliphatic heterocycles. The maximum Gasteiger partial charge on any atom is 0.573 e. The quantitative estimate of drug-likeness (QED) is 0.540. The zero-order valence-corrected chi connectivity index (χ0v) is 21.0. The summed E-state index contributed by atoms with van der Waals surface area (Å²) in [5.74, 6) is -1.89. The molecule has 1 amide bonds. The molecular weight excluding hydrogens is 519 g/mol. The minimum Gasteiger partial charge on any atom is -0.548 e. The van der Waals surface area contributed by atoms with Crippen LogP contribution in [0, 0.1) is 0 Å². The first-order valence-electron chi connectivity index (χ1n) is 11.1. The van der Waals surface area contributed by atoms with Crippen LogP contribution >= 0.6 is 0 Å². The summed E-state index contributed by atoms with van der Waals surface area (Å²) >= 11 is 0. The fraction of sp³-hybridized carbons (Fsp3) is 0.417. The molecule has 0 aliphatic carbocycles. The Labute approximate surface area is 211 Å². The second-order valence-electron chi connectivity index (χ2n) is 9.35. The average molecular weight is 545 g/mol. The van der Waals surface area contributed by atoms with Crippen LogP contribution in [0.1, 0.15) is 33.6 Å². The van der Waals surface area contributed by atoms with Crippen molar-refractivity contribution in [1.29, 1.82) is 0 Å². The summed E-state index contributed by atoms with van der Waals surface area (Å²) in [6.07, 6.45) is -6.28. The van der Waals surface area contributed by atoms with E-state index < -0.39 is 44.4 Å². The molecule has 202 valence electrons. The van der Waals surface area contributed by atoms with Gasteiger partial charge in [0.05, 0.1) is 10.9 Å². The number of carbonyl (C=O) groups is 2. The number of carboxylic acid groups (broad SMARTS) is 1. The number of amides is 1. The Bertz CT molecular complexity index is 1230. The van der Waals surface area contributed by atoms with E-state index in [1.54, 1.807) is 20.8 Å². The lowest BCUT2D eigenvalue weighted by Gasteiger charge is -2.41. The number of hydrogen-bond donors (Lipinski definition) is 0. The summed E-state index contributed by atoms with van der Waals surface area (Å²) in [7, 11) is -4.44. The Balaban J connectivity index is 1.73. The monoisotopic (exact) mass is 544 g/mol. The van der Waals surface area contributed by atoms with Gasteiger partial charge in [-0.05, 0) is 82.1 Å². The zero-order chi connectivity index (χ0) is 27.6. The molecule has 0 aromatic heterocycles. The van der Waals surface area contributed by atoms with Crippen LogP contribution in [0.5, 0.6) is 17.2 Å². The van der Waals surface area contributed by atoms with E-state index in [1.165, 1.54) is 29.2 Å². The Morgan fingerprint density at radius 2 is 1.35 bits per heavy atom. The second kappa shape index (κ2) is 10.1. The number of carbonyl (C=O) groups excluding carboxylic acids is 2. The number of alkyl halides is 3. The van der Waals surface area contributed by atoms with E-state index in [9.17, 15) is 36.3 Å². The molecule has 0 radical (unpaired) electrons. The highest BCUT2D eigenvalue weighted by Gasteiger charge is 2.49. The summed E-state index contributed by atoms with van der Waals surface area (Å²) in [5.41, 5.74) is -0.769. The van der Waals surface area contributed by atoms with Crippen molar-refractivity contribution in [3.05, 3.63) is 48.5 Å². The number of aliphatic carboxylic acids is 1. The van der Waals surface area contributed by atoms with Crippen molar-refractivity contribution in [2.24, 2.45) is 0 Å². The molecule has 1 saturated heterocycles. The number of benzene rings is 2. The highest BCUT2D eigenvalue weighted by atomic mass is 32.2. The number of rotatable bonds is 6. The van der Waals surface area contributed by atoms with Crippen molar-refractivity contribution in [1.82, 2.24) is 4.90 Å². The molecule has 9 nitrogen and oxygen atoms in total. The molecule has 37 heavy (non-hydrogen) atoms. The van der Waals surface area contributed by atoms with Crippen molar-refractivity contribution in [2.75, 3.05) is 13.1 Å². The lowest BCUT2D eigenvalue weighted by molar-refractivity contribution is -0.310. The first kappa shape index (κ1) is 28.1. The second-order valence-corrected chi connectivity index (χ2v) is 11.6. The minimum absolute atomic E-state index is 0.155. The number of sulfone groups is 1. The van der Waals surface area contributed by atoms with Gasteiger partial charge in [-0.3, -0.25) is 0 Å². The summed E-state index contributed by atoms with van der Waals surface area (Å²) in [6, 6.07) is 9.46. The van der Waals surface area contributed by atoms with Gasteiger partial charge in [0, 0.05) is 13.1 Å². The summed E-state index contributed by atoms with van der Waals surface area (Å²) < 4.78 is 75.9. The van der Waals surface area contributed by atoms with Gasteiger partial charge in [-0.2, -0.15) is 0 Å². The van der Waals surface area contributed by atoms with Crippen LogP contribution in [-0.4, -0.2) is 55.2 Å². The fourth-order valence-electron chi connectivity index (χ4n) is 3.72. The van der Waals surface area contributed by atoms with E-state index in [-0.39, 0.29) is 42.3 Å². The molecule has 13 heteroatoms. The van der Waals surface area contributed by atoms with E-state index >= 15 is 0 Å². The Kier molecular flexibility index (Phi) is 7.68. The molecule has 1 aliphatic rings. The summed E-state index contributed by atoms with van der Waals surface area (Å²) in [4.78, 5) is 25.4. The number of likely N-dealkylation sites (tertiary alicyclic amines) is 1. The van der Waals surface area contributed by atoms with Crippen LogP contribution < -0.4 is 14.6 Å². The van der Waals surface area contributed by atoms with Gasteiger partial charge < -0.3 is 29.0 Å². The average Bonchev–Trinajstić information content (AvgIpc) is 2.78. The third-order valence-corrected chi connectivity index (χ3v) is 8.03. The molecule has 2 aromatic carbocycles. The van der Waals surface area contributed by atoms with E-state index in [4.69, 9.17) is 9.47 Å². The van der Waals surface area contributed by atoms with Gasteiger partial charge in [-0.25, -0.2) is 13.2 Å². The number of carboxylic acids is 1. The zero-order valence-electron chi connectivity index (χ0n) is 20.2.